The Labute approximate surface area is 204 Å². The van der Waals surface area contributed by atoms with Crippen LogP contribution in [-0.2, 0) is 29.1 Å². The first-order valence-electron chi connectivity index (χ1n) is 11.3. The van der Waals surface area contributed by atoms with E-state index in [-0.39, 0.29) is 44.2 Å². The first-order valence-corrected chi connectivity index (χ1v) is 11.3. The fraction of sp³-hybridized carbons (Fsp3) is 0.259. The van der Waals surface area contributed by atoms with Crippen molar-refractivity contribution in [3.63, 3.8) is 0 Å². The number of nitrogens with zero attached hydrogens (tertiary/aromatic N) is 2. The zero-order valence-electron chi connectivity index (χ0n) is 19.3. The first-order chi connectivity index (χ1) is 16.8. The fourth-order valence-corrected chi connectivity index (χ4v) is 4.11. The topological polar surface area (TPSA) is 122 Å². The lowest BCUT2D eigenvalue weighted by atomic mass is 10.0. The molecule has 0 aliphatic rings. The van der Waals surface area contributed by atoms with E-state index in [0.29, 0.717) is 17.5 Å². The van der Waals surface area contributed by atoms with Crippen LogP contribution >= 0.6 is 0 Å². The predicted molar refractivity (Wildman–Crippen MR) is 131 cm³/mol. The SMILES string of the molecule is O=C(O)CN(Cc1ccccc1O)CC(Cc1ccccc1)N(CC(=O)O)Cc1ccccc1O. The van der Waals surface area contributed by atoms with Gasteiger partial charge in [0.25, 0.3) is 0 Å². The molecule has 8 heteroatoms. The molecule has 8 nitrogen and oxygen atoms in total. The Balaban J connectivity index is 1.94. The summed E-state index contributed by atoms with van der Waals surface area (Å²) in [6.45, 7) is 0.0204. The summed E-state index contributed by atoms with van der Waals surface area (Å²) in [4.78, 5) is 26.9. The highest BCUT2D eigenvalue weighted by molar-refractivity contribution is 5.69. The van der Waals surface area contributed by atoms with Crippen molar-refractivity contribution in [2.75, 3.05) is 19.6 Å². The molecule has 4 N–H and O–H groups in total. The van der Waals surface area contributed by atoms with E-state index >= 15 is 0 Å². The standard InChI is InChI=1S/C27H30N2O6/c30-24-12-6-4-10-21(24)15-28(18-26(32)33)17-23(14-20-8-2-1-3-9-20)29(19-27(34)35)16-22-11-5-7-13-25(22)31/h1-13,23,30-31H,14-19H2,(H,32,33)(H,34,35). The van der Waals surface area contributed by atoms with Gasteiger partial charge in [0.1, 0.15) is 11.5 Å². The van der Waals surface area contributed by atoms with Gasteiger partial charge in [-0.1, -0.05) is 66.7 Å². The third-order valence-corrected chi connectivity index (χ3v) is 5.75. The molecular weight excluding hydrogens is 448 g/mol. The maximum atomic E-state index is 11.8. The number of carbonyl (C=O) groups is 2. The van der Waals surface area contributed by atoms with Gasteiger partial charge in [0.2, 0.25) is 0 Å². The van der Waals surface area contributed by atoms with Crippen LogP contribution in [0.5, 0.6) is 11.5 Å². The summed E-state index contributed by atoms with van der Waals surface area (Å²) in [7, 11) is 0. The molecule has 3 aromatic rings. The van der Waals surface area contributed by atoms with Crippen molar-refractivity contribution in [3.8, 4) is 11.5 Å². The van der Waals surface area contributed by atoms with E-state index in [4.69, 9.17) is 0 Å². The maximum absolute atomic E-state index is 11.8. The van der Waals surface area contributed by atoms with Crippen LogP contribution in [0.25, 0.3) is 0 Å². The summed E-state index contributed by atoms with van der Waals surface area (Å²) in [5.74, 6) is -1.91. The Morgan fingerprint density at radius 2 is 1.20 bits per heavy atom. The summed E-state index contributed by atoms with van der Waals surface area (Å²) < 4.78 is 0. The molecule has 0 heterocycles. The van der Waals surface area contributed by atoms with Crippen molar-refractivity contribution in [2.45, 2.75) is 25.6 Å². The number of hydrogen-bond acceptors (Lipinski definition) is 6. The molecule has 0 amide bonds. The normalized spacial score (nSPS) is 12.1. The highest BCUT2D eigenvalue weighted by Crippen LogP contribution is 2.23. The third-order valence-electron chi connectivity index (χ3n) is 5.75. The molecule has 184 valence electrons. The molecule has 3 aromatic carbocycles. The molecule has 0 spiro atoms. The van der Waals surface area contributed by atoms with Gasteiger partial charge in [0.05, 0.1) is 13.1 Å². The van der Waals surface area contributed by atoms with E-state index in [1.54, 1.807) is 58.3 Å². The highest BCUT2D eigenvalue weighted by atomic mass is 16.4. The molecule has 0 fully saturated rings. The molecule has 0 saturated carbocycles. The number of aromatic hydroxyl groups is 2. The molecular formula is C27H30N2O6. The number of carboxylic acids is 2. The Morgan fingerprint density at radius 1 is 0.686 bits per heavy atom. The second-order valence-corrected chi connectivity index (χ2v) is 8.46. The van der Waals surface area contributed by atoms with E-state index in [1.165, 1.54) is 0 Å². The summed E-state index contributed by atoms with van der Waals surface area (Å²) in [5.41, 5.74) is 2.14. The van der Waals surface area contributed by atoms with Crippen molar-refractivity contribution in [2.24, 2.45) is 0 Å². The number of benzene rings is 3. The first kappa shape index (κ1) is 25.7. The summed E-state index contributed by atoms with van der Waals surface area (Å²) in [6.07, 6.45) is 0.471. The van der Waals surface area contributed by atoms with Crippen LogP contribution in [0, 0.1) is 0 Å². The second-order valence-electron chi connectivity index (χ2n) is 8.46. The van der Waals surface area contributed by atoms with Gasteiger partial charge in [-0.3, -0.25) is 19.4 Å². The lowest BCUT2D eigenvalue weighted by Gasteiger charge is -2.35. The number of rotatable bonds is 13. The Kier molecular flexibility index (Phi) is 9.23. The van der Waals surface area contributed by atoms with Crippen LogP contribution in [0.3, 0.4) is 0 Å². The Bertz CT molecular complexity index is 1120. The fourth-order valence-electron chi connectivity index (χ4n) is 4.11. The Hall–Kier alpha value is -3.88. The zero-order chi connectivity index (χ0) is 25.2. The zero-order valence-corrected chi connectivity index (χ0v) is 19.3. The predicted octanol–water partition coefficient (Wildman–Crippen LogP) is 3.18. The largest absolute Gasteiger partial charge is 0.508 e. The number of phenols is 2. The van der Waals surface area contributed by atoms with Gasteiger partial charge in [-0.05, 0) is 24.1 Å². The number of carboxylic acid groups (broad SMARTS) is 2. The molecule has 35 heavy (non-hydrogen) atoms. The highest BCUT2D eigenvalue weighted by Gasteiger charge is 2.26. The van der Waals surface area contributed by atoms with E-state index in [2.05, 4.69) is 0 Å². The molecule has 0 saturated heterocycles. The van der Waals surface area contributed by atoms with Crippen LogP contribution in [-0.4, -0.2) is 67.8 Å². The molecule has 1 atom stereocenters. The lowest BCUT2D eigenvalue weighted by Crippen LogP contribution is -2.47. The number of aliphatic carboxylic acids is 2. The van der Waals surface area contributed by atoms with Gasteiger partial charge in [0, 0.05) is 36.8 Å². The molecule has 0 aliphatic carbocycles. The summed E-state index contributed by atoms with van der Waals surface area (Å²) in [6, 6.07) is 22.7. The number of para-hydroxylation sites is 2. The van der Waals surface area contributed by atoms with Crippen molar-refractivity contribution in [3.05, 3.63) is 95.6 Å². The van der Waals surface area contributed by atoms with Gasteiger partial charge in [0.15, 0.2) is 0 Å². The molecule has 0 aliphatic heterocycles. The van der Waals surface area contributed by atoms with Crippen LogP contribution in [0.2, 0.25) is 0 Å². The van der Waals surface area contributed by atoms with E-state index in [0.717, 1.165) is 5.56 Å². The van der Waals surface area contributed by atoms with E-state index in [9.17, 15) is 30.0 Å². The molecule has 3 rings (SSSR count). The van der Waals surface area contributed by atoms with E-state index < -0.39 is 18.0 Å². The quantitative estimate of drug-likeness (QED) is 0.296. The number of hydrogen-bond donors (Lipinski definition) is 4. The maximum Gasteiger partial charge on any atom is 0.317 e. The van der Waals surface area contributed by atoms with Crippen LogP contribution in [0.1, 0.15) is 16.7 Å². The minimum atomic E-state index is -1.02. The summed E-state index contributed by atoms with van der Waals surface area (Å²) >= 11 is 0. The van der Waals surface area contributed by atoms with Crippen LogP contribution < -0.4 is 0 Å². The van der Waals surface area contributed by atoms with E-state index in [1.807, 2.05) is 30.3 Å². The van der Waals surface area contributed by atoms with Crippen LogP contribution in [0.15, 0.2) is 78.9 Å². The van der Waals surface area contributed by atoms with Crippen molar-refractivity contribution in [1.82, 2.24) is 9.80 Å². The molecule has 0 bridgehead atoms. The number of phenolic OH excluding ortho intramolecular Hbond substituents is 2. The second kappa shape index (κ2) is 12.5. The van der Waals surface area contributed by atoms with Crippen molar-refractivity contribution in [1.29, 1.82) is 0 Å². The van der Waals surface area contributed by atoms with Gasteiger partial charge in [-0.15, -0.1) is 0 Å². The molecule has 0 aromatic heterocycles. The van der Waals surface area contributed by atoms with Gasteiger partial charge >= 0.3 is 11.9 Å². The smallest absolute Gasteiger partial charge is 0.317 e. The third kappa shape index (κ3) is 8.13. The average Bonchev–Trinajstić information content (AvgIpc) is 2.81. The van der Waals surface area contributed by atoms with Crippen molar-refractivity contribution >= 4 is 11.9 Å². The van der Waals surface area contributed by atoms with Crippen molar-refractivity contribution < 1.29 is 30.0 Å². The average molecular weight is 479 g/mol. The minimum Gasteiger partial charge on any atom is -0.508 e. The van der Waals surface area contributed by atoms with Gasteiger partial charge in [-0.2, -0.15) is 0 Å². The monoisotopic (exact) mass is 478 g/mol. The summed E-state index contributed by atoms with van der Waals surface area (Å²) in [5, 5.41) is 39.7. The lowest BCUT2D eigenvalue weighted by molar-refractivity contribution is -0.141. The van der Waals surface area contributed by atoms with Gasteiger partial charge < -0.3 is 20.4 Å². The minimum absolute atomic E-state index is 0.0675. The Morgan fingerprint density at radius 3 is 1.74 bits per heavy atom. The molecule has 0 radical (unpaired) electrons. The van der Waals surface area contributed by atoms with Crippen LogP contribution in [0.4, 0.5) is 0 Å². The molecule has 1 unspecified atom stereocenters. The van der Waals surface area contributed by atoms with Gasteiger partial charge in [-0.25, -0.2) is 0 Å².